The largest absolute Gasteiger partial charge is 0.495 e. The normalized spacial score (nSPS) is 21.8. The van der Waals surface area contributed by atoms with Crippen molar-refractivity contribution < 1.29 is 32.6 Å². The van der Waals surface area contributed by atoms with Gasteiger partial charge in [-0.1, -0.05) is 6.07 Å². The number of carbonyl (C=O) groups excluding carboxylic acids is 2. The molecule has 212 valence electrons. The predicted octanol–water partition coefficient (Wildman–Crippen LogP) is 3.43. The van der Waals surface area contributed by atoms with E-state index in [2.05, 4.69) is 4.98 Å². The van der Waals surface area contributed by atoms with E-state index in [9.17, 15) is 27.9 Å². The predicted molar refractivity (Wildman–Crippen MR) is 138 cm³/mol. The van der Waals surface area contributed by atoms with Gasteiger partial charge in [0.1, 0.15) is 5.75 Å². The third-order valence-corrected chi connectivity index (χ3v) is 8.10. The Hall–Kier alpha value is -4.06. The van der Waals surface area contributed by atoms with Gasteiger partial charge in [-0.2, -0.15) is 0 Å². The maximum atomic E-state index is 14.3. The second-order valence-corrected chi connectivity index (χ2v) is 10.4. The first-order chi connectivity index (χ1) is 19.1. The number of urea groups is 1. The first-order valence-corrected chi connectivity index (χ1v) is 12.9. The number of nitrogens with zero attached hydrogens (tertiary/aromatic N) is 4. The monoisotopic (exact) mass is 557 g/mol. The molecule has 2 saturated heterocycles. The van der Waals surface area contributed by atoms with Gasteiger partial charge < -0.3 is 29.9 Å². The van der Waals surface area contributed by atoms with Gasteiger partial charge in [-0.15, -0.1) is 0 Å². The van der Waals surface area contributed by atoms with Gasteiger partial charge in [0.15, 0.2) is 17.5 Å². The van der Waals surface area contributed by atoms with E-state index in [-0.39, 0.29) is 31.1 Å². The van der Waals surface area contributed by atoms with Gasteiger partial charge in [-0.25, -0.2) is 22.9 Å². The van der Waals surface area contributed by atoms with E-state index in [0.717, 1.165) is 29.1 Å². The number of halogens is 3. The molecule has 1 aromatic heterocycles. The van der Waals surface area contributed by atoms with Crippen LogP contribution in [0.2, 0.25) is 0 Å². The molecular formula is C28H30F3N5O4. The zero-order chi connectivity index (χ0) is 28.8. The first-order valence-electron chi connectivity index (χ1n) is 12.9. The highest BCUT2D eigenvalue weighted by molar-refractivity contribution is 5.87. The van der Waals surface area contributed by atoms with Crippen molar-refractivity contribution in [2.75, 3.05) is 33.4 Å². The lowest BCUT2D eigenvalue weighted by Crippen LogP contribution is -2.54. The van der Waals surface area contributed by atoms with E-state index in [4.69, 9.17) is 10.5 Å². The Balaban J connectivity index is 1.55. The van der Waals surface area contributed by atoms with E-state index in [1.54, 1.807) is 6.33 Å². The van der Waals surface area contributed by atoms with Crippen LogP contribution in [-0.4, -0.2) is 69.7 Å². The van der Waals surface area contributed by atoms with Crippen LogP contribution in [0.25, 0.3) is 5.69 Å². The van der Waals surface area contributed by atoms with E-state index in [0.29, 0.717) is 18.6 Å². The van der Waals surface area contributed by atoms with Gasteiger partial charge in [-0.05, 0) is 55.2 Å². The molecule has 0 saturated carbocycles. The SMILES string of the molecule is COc1cc(C2CN(C(N)=O)CC23CCCN([C@@H](CO)c2cc(F)c(F)c(F)c2)C3=O)ccc1-n1cnc(C)c1. The summed E-state index contributed by atoms with van der Waals surface area (Å²) in [6, 6.07) is 5.33. The number of methoxy groups -OCH3 is 1. The molecule has 2 aliphatic rings. The highest BCUT2D eigenvalue weighted by atomic mass is 19.2. The van der Waals surface area contributed by atoms with Crippen LogP contribution in [0.4, 0.5) is 18.0 Å². The zero-order valence-corrected chi connectivity index (χ0v) is 22.1. The Labute approximate surface area is 229 Å². The van der Waals surface area contributed by atoms with Gasteiger partial charge in [0.2, 0.25) is 5.91 Å². The molecule has 2 unspecified atom stereocenters. The van der Waals surface area contributed by atoms with Crippen molar-refractivity contribution in [1.29, 1.82) is 0 Å². The smallest absolute Gasteiger partial charge is 0.314 e. The van der Waals surface area contributed by atoms with Gasteiger partial charge >= 0.3 is 6.03 Å². The summed E-state index contributed by atoms with van der Waals surface area (Å²) in [5, 5.41) is 10.2. The number of aryl methyl sites for hydroxylation is 1. The number of primary amides is 1. The van der Waals surface area contributed by atoms with Crippen LogP contribution in [0.3, 0.4) is 0 Å². The number of nitrogens with two attached hydrogens (primary N) is 1. The number of piperidine rings is 1. The third kappa shape index (κ3) is 4.55. The summed E-state index contributed by atoms with van der Waals surface area (Å²) in [5.41, 5.74) is 6.79. The molecule has 40 heavy (non-hydrogen) atoms. The summed E-state index contributed by atoms with van der Waals surface area (Å²) in [6.07, 6.45) is 4.44. The Morgan fingerprint density at radius 2 is 1.98 bits per heavy atom. The van der Waals surface area contributed by atoms with Gasteiger partial charge in [-0.3, -0.25) is 4.79 Å². The Morgan fingerprint density at radius 1 is 1.25 bits per heavy atom. The van der Waals surface area contributed by atoms with Crippen LogP contribution in [0.1, 0.15) is 41.6 Å². The molecule has 2 aliphatic heterocycles. The Morgan fingerprint density at radius 3 is 2.58 bits per heavy atom. The Kier molecular flexibility index (Phi) is 7.21. The van der Waals surface area contributed by atoms with Crippen LogP contribution in [0, 0.1) is 29.8 Å². The number of aliphatic hydroxyl groups is 1. The number of hydrogen-bond donors (Lipinski definition) is 2. The summed E-state index contributed by atoms with van der Waals surface area (Å²) in [7, 11) is 1.53. The summed E-state index contributed by atoms with van der Waals surface area (Å²) in [4.78, 5) is 33.6. The third-order valence-electron chi connectivity index (χ3n) is 8.10. The van der Waals surface area contributed by atoms with Crippen LogP contribution in [0.5, 0.6) is 5.75 Å². The molecule has 9 nitrogen and oxygen atoms in total. The van der Waals surface area contributed by atoms with Gasteiger partial charge in [0.05, 0.1) is 42.9 Å². The maximum absolute atomic E-state index is 14.3. The van der Waals surface area contributed by atoms with E-state index >= 15 is 0 Å². The molecule has 1 spiro atoms. The van der Waals surface area contributed by atoms with Crippen molar-refractivity contribution in [2.45, 2.75) is 31.7 Å². The average Bonchev–Trinajstić information content (AvgIpc) is 3.54. The molecule has 3 N–H and O–H groups in total. The number of imidazole rings is 1. The van der Waals surface area contributed by atoms with Crippen molar-refractivity contribution in [3.63, 3.8) is 0 Å². The van der Waals surface area contributed by atoms with Crippen molar-refractivity contribution in [3.8, 4) is 11.4 Å². The molecule has 3 aromatic rings. The van der Waals surface area contributed by atoms with Crippen molar-refractivity contribution >= 4 is 11.9 Å². The highest BCUT2D eigenvalue weighted by Crippen LogP contribution is 2.51. The standard InChI is InChI=1S/C28H30F3N5O4/c1-16-11-35(15-33-16)22-5-4-17(10-24(22)40-2)19-12-34(27(32)39)14-28(19)6-3-7-36(26(28)38)23(13-37)18-8-20(29)25(31)21(30)9-18/h4-5,8-11,15,19,23,37H,3,6-7,12-14H2,1-2H3,(H2,32,39)/t19?,23-,28?/m0/s1. The van der Waals surface area contributed by atoms with Crippen LogP contribution in [-0.2, 0) is 4.79 Å². The van der Waals surface area contributed by atoms with E-state index < -0.39 is 47.5 Å². The number of ether oxygens (including phenoxy) is 1. The number of hydrogen-bond acceptors (Lipinski definition) is 5. The molecule has 3 amide bonds. The number of aromatic nitrogens is 2. The van der Waals surface area contributed by atoms with E-state index in [1.165, 1.54) is 16.9 Å². The van der Waals surface area contributed by atoms with Crippen molar-refractivity contribution in [1.82, 2.24) is 19.4 Å². The summed E-state index contributed by atoms with van der Waals surface area (Å²) < 4.78 is 49.3. The fourth-order valence-electron chi connectivity index (χ4n) is 6.16. The Bertz CT molecular complexity index is 1440. The van der Waals surface area contributed by atoms with Crippen LogP contribution < -0.4 is 10.5 Å². The minimum absolute atomic E-state index is 0.0391. The number of carbonyl (C=O) groups is 2. The molecule has 3 heterocycles. The molecule has 2 aromatic carbocycles. The number of benzene rings is 2. The number of likely N-dealkylation sites (tertiary alicyclic amines) is 2. The quantitative estimate of drug-likeness (QED) is 0.451. The van der Waals surface area contributed by atoms with Crippen LogP contribution >= 0.6 is 0 Å². The second kappa shape index (κ2) is 10.5. The molecule has 3 atom stereocenters. The molecule has 2 fully saturated rings. The fourth-order valence-corrected chi connectivity index (χ4v) is 6.16. The molecule has 5 rings (SSSR count). The van der Waals surface area contributed by atoms with Gasteiger partial charge in [0.25, 0.3) is 0 Å². The van der Waals surface area contributed by atoms with Crippen LogP contribution in [0.15, 0.2) is 42.9 Å². The first kappa shape index (κ1) is 27.5. The summed E-state index contributed by atoms with van der Waals surface area (Å²) in [5.74, 6) is -4.78. The fraction of sp³-hybridized carbons (Fsp3) is 0.393. The lowest BCUT2D eigenvalue weighted by molar-refractivity contribution is -0.150. The lowest BCUT2D eigenvalue weighted by atomic mass is 9.68. The zero-order valence-electron chi connectivity index (χ0n) is 22.1. The highest BCUT2D eigenvalue weighted by Gasteiger charge is 2.57. The molecule has 12 heteroatoms. The van der Waals surface area contributed by atoms with Crippen molar-refractivity contribution in [3.05, 3.63) is 77.1 Å². The molecular weight excluding hydrogens is 527 g/mol. The van der Waals surface area contributed by atoms with E-state index in [1.807, 2.05) is 35.9 Å². The topological polar surface area (TPSA) is 114 Å². The molecule has 0 aliphatic carbocycles. The lowest BCUT2D eigenvalue weighted by Gasteiger charge is -2.45. The number of aliphatic hydroxyl groups excluding tert-OH is 1. The minimum Gasteiger partial charge on any atom is -0.495 e. The minimum atomic E-state index is -1.63. The number of amides is 3. The van der Waals surface area contributed by atoms with Crippen molar-refractivity contribution in [2.24, 2.45) is 11.1 Å². The summed E-state index contributed by atoms with van der Waals surface area (Å²) in [6.45, 7) is 1.65. The molecule has 0 radical (unpaired) electrons. The molecule has 0 bridgehead atoms. The average molecular weight is 558 g/mol. The summed E-state index contributed by atoms with van der Waals surface area (Å²) >= 11 is 0. The second-order valence-electron chi connectivity index (χ2n) is 10.4. The number of rotatable bonds is 6. The maximum Gasteiger partial charge on any atom is 0.314 e. The van der Waals surface area contributed by atoms with Gasteiger partial charge in [0, 0.05) is 31.7 Å².